The first-order valence-corrected chi connectivity index (χ1v) is 11.3. The van der Waals surface area contributed by atoms with E-state index in [-0.39, 0.29) is 35.6 Å². The zero-order valence-corrected chi connectivity index (χ0v) is 20.0. The maximum atomic E-state index is 15.8. The number of aryl methyl sites for hydroxylation is 1. The molecule has 1 aliphatic rings. The van der Waals surface area contributed by atoms with Crippen LogP contribution in [-0.4, -0.2) is 27.1 Å². The van der Waals surface area contributed by atoms with Crippen LogP contribution in [0.3, 0.4) is 0 Å². The minimum atomic E-state index is -4.71. The predicted molar refractivity (Wildman–Crippen MR) is 127 cm³/mol. The minimum absolute atomic E-state index is 0.0457. The number of nitrogens with two attached hydrogens (primary N) is 1. The van der Waals surface area contributed by atoms with Crippen molar-refractivity contribution in [3.05, 3.63) is 64.0 Å². The van der Waals surface area contributed by atoms with E-state index in [1.807, 2.05) is 0 Å². The number of nitrogen functional groups attached to an aromatic ring is 1. The second-order valence-electron chi connectivity index (χ2n) is 8.13. The maximum Gasteiger partial charge on any atom is 0.416 e. The van der Waals surface area contributed by atoms with E-state index < -0.39 is 35.1 Å². The molecular formula is C23H16BrF5N6O. The summed E-state index contributed by atoms with van der Waals surface area (Å²) < 4.78 is 71.1. The Labute approximate surface area is 208 Å². The number of fused-ring (bicyclic) bond motifs is 2. The van der Waals surface area contributed by atoms with Crippen LogP contribution < -0.4 is 16.0 Å². The maximum absolute atomic E-state index is 15.8. The summed E-state index contributed by atoms with van der Waals surface area (Å²) in [6.45, 7) is 0.0457. The molecule has 0 atom stereocenters. The minimum Gasteiger partial charge on any atom is -0.383 e. The largest absolute Gasteiger partial charge is 0.416 e. The summed E-state index contributed by atoms with van der Waals surface area (Å²) in [5.74, 6) is -1.46. The summed E-state index contributed by atoms with van der Waals surface area (Å²) in [5.41, 5.74) is 5.91. The summed E-state index contributed by atoms with van der Waals surface area (Å²) in [6, 6.07) is 3.82. The highest BCUT2D eigenvalue weighted by molar-refractivity contribution is 9.10. The number of benzene rings is 2. The van der Waals surface area contributed by atoms with Gasteiger partial charge in [0.05, 0.1) is 26.9 Å². The van der Waals surface area contributed by atoms with Crippen LogP contribution in [0.25, 0.3) is 22.2 Å². The van der Waals surface area contributed by atoms with E-state index in [0.29, 0.717) is 39.4 Å². The van der Waals surface area contributed by atoms with Gasteiger partial charge in [-0.3, -0.25) is 4.90 Å². The molecule has 5 rings (SSSR count). The standard InChI is InChI=1S/C23H16BrF5N6O/c1-34-19(24)16(17-20(30)31-9-32-21(17)34)12-3-5-15-11(18(12)26)6-7-35(15)22(36)33-14-8-10(23(27,28)29)2-4-13(14)25/h2-5,8-9H,6-7H2,1H3,(H,33,36)(H2,30,31,32). The van der Waals surface area contributed by atoms with Crippen LogP contribution in [0.1, 0.15) is 11.1 Å². The van der Waals surface area contributed by atoms with Crippen LogP contribution in [0, 0.1) is 11.6 Å². The Hall–Kier alpha value is -3.74. The Kier molecular flexibility index (Phi) is 5.62. The fourth-order valence-corrected chi connectivity index (χ4v) is 4.90. The van der Waals surface area contributed by atoms with Gasteiger partial charge in [-0.05, 0) is 52.7 Å². The number of carbonyl (C=O) groups excluding carboxylic acids is 1. The third kappa shape index (κ3) is 3.74. The molecule has 2 aromatic heterocycles. The van der Waals surface area contributed by atoms with Gasteiger partial charge in [0.25, 0.3) is 0 Å². The summed E-state index contributed by atoms with van der Waals surface area (Å²) in [6.07, 6.45) is -3.27. The molecular weight excluding hydrogens is 551 g/mol. The first kappa shape index (κ1) is 24.0. The number of hydrogen-bond donors (Lipinski definition) is 2. The number of nitrogens with one attached hydrogen (secondary N) is 1. The number of nitrogens with zero attached hydrogens (tertiary/aromatic N) is 4. The van der Waals surface area contributed by atoms with Crippen molar-refractivity contribution in [1.82, 2.24) is 14.5 Å². The Bertz CT molecular complexity index is 1550. The average molecular weight is 567 g/mol. The zero-order valence-electron chi connectivity index (χ0n) is 18.4. The Balaban J connectivity index is 1.51. The van der Waals surface area contributed by atoms with Crippen molar-refractivity contribution >= 4 is 50.2 Å². The first-order chi connectivity index (χ1) is 17.0. The molecule has 0 aliphatic carbocycles. The van der Waals surface area contributed by atoms with Crippen LogP contribution in [0.5, 0.6) is 0 Å². The van der Waals surface area contributed by atoms with Crippen molar-refractivity contribution in [2.45, 2.75) is 12.6 Å². The highest BCUT2D eigenvalue weighted by atomic mass is 79.9. The number of hydrogen-bond acceptors (Lipinski definition) is 4. The second-order valence-corrected chi connectivity index (χ2v) is 8.88. The van der Waals surface area contributed by atoms with Gasteiger partial charge in [-0.15, -0.1) is 0 Å². The molecule has 2 aromatic carbocycles. The van der Waals surface area contributed by atoms with Crippen LogP contribution in [0.2, 0.25) is 0 Å². The fourth-order valence-electron chi connectivity index (χ4n) is 4.32. The van der Waals surface area contributed by atoms with Crippen molar-refractivity contribution in [1.29, 1.82) is 0 Å². The number of anilines is 3. The normalized spacial score (nSPS) is 13.4. The van der Waals surface area contributed by atoms with Gasteiger partial charge in [0.1, 0.15) is 29.4 Å². The van der Waals surface area contributed by atoms with E-state index >= 15 is 4.39 Å². The van der Waals surface area contributed by atoms with Crippen LogP contribution >= 0.6 is 15.9 Å². The van der Waals surface area contributed by atoms with E-state index in [2.05, 4.69) is 31.2 Å². The van der Waals surface area contributed by atoms with Gasteiger partial charge in [0.2, 0.25) is 0 Å². The molecule has 0 unspecified atom stereocenters. The molecule has 13 heteroatoms. The molecule has 0 saturated heterocycles. The van der Waals surface area contributed by atoms with E-state index in [1.54, 1.807) is 11.6 Å². The van der Waals surface area contributed by atoms with Gasteiger partial charge in [-0.25, -0.2) is 23.5 Å². The number of urea groups is 1. The van der Waals surface area contributed by atoms with Crippen molar-refractivity contribution < 1.29 is 26.7 Å². The number of aromatic nitrogens is 3. The number of amides is 2. The van der Waals surface area contributed by atoms with Gasteiger partial charge >= 0.3 is 12.2 Å². The summed E-state index contributed by atoms with van der Waals surface area (Å²) in [5, 5.41) is 2.62. The molecule has 0 spiro atoms. The van der Waals surface area contributed by atoms with Crippen LogP contribution in [0.4, 0.5) is 43.9 Å². The van der Waals surface area contributed by atoms with Gasteiger partial charge in [0.15, 0.2) is 0 Å². The SMILES string of the molecule is Cn1c(Br)c(-c2ccc3c(c2F)CCN3C(=O)Nc2cc(C(F)(F)F)ccc2F)c2c(N)ncnc21. The monoisotopic (exact) mass is 566 g/mol. The molecule has 186 valence electrons. The molecule has 3 heterocycles. The molecule has 1 aliphatic heterocycles. The van der Waals surface area contributed by atoms with Crippen molar-refractivity contribution in [3.63, 3.8) is 0 Å². The summed E-state index contributed by atoms with van der Waals surface area (Å²) >= 11 is 3.46. The third-order valence-electron chi connectivity index (χ3n) is 6.07. The van der Waals surface area contributed by atoms with Crippen molar-refractivity contribution in [2.24, 2.45) is 7.05 Å². The lowest BCUT2D eigenvalue weighted by atomic mass is 10.0. The number of carbonyl (C=O) groups is 1. The molecule has 7 nitrogen and oxygen atoms in total. The quantitative estimate of drug-likeness (QED) is 0.297. The lowest BCUT2D eigenvalue weighted by Gasteiger charge is -2.19. The van der Waals surface area contributed by atoms with Crippen LogP contribution in [-0.2, 0) is 19.6 Å². The number of rotatable bonds is 2. The van der Waals surface area contributed by atoms with E-state index in [1.165, 1.54) is 18.5 Å². The fraction of sp³-hybridized carbons (Fsp3) is 0.174. The Morgan fingerprint density at radius 2 is 1.92 bits per heavy atom. The van der Waals surface area contributed by atoms with E-state index in [4.69, 9.17) is 5.73 Å². The highest BCUT2D eigenvalue weighted by Gasteiger charge is 2.33. The van der Waals surface area contributed by atoms with Gasteiger partial charge in [-0.2, -0.15) is 13.2 Å². The zero-order chi connectivity index (χ0) is 25.9. The smallest absolute Gasteiger partial charge is 0.383 e. The van der Waals surface area contributed by atoms with Gasteiger partial charge in [-0.1, -0.05) is 0 Å². The number of alkyl halides is 3. The predicted octanol–water partition coefficient (Wildman–Crippen LogP) is 5.87. The van der Waals surface area contributed by atoms with E-state index in [0.717, 1.165) is 4.90 Å². The molecule has 0 bridgehead atoms. The molecule has 36 heavy (non-hydrogen) atoms. The lowest BCUT2D eigenvalue weighted by molar-refractivity contribution is -0.137. The third-order valence-corrected chi connectivity index (χ3v) is 7.00. The summed E-state index contributed by atoms with van der Waals surface area (Å²) in [4.78, 5) is 22.2. The molecule has 0 radical (unpaired) electrons. The average Bonchev–Trinajstić information content (AvgIpc) is 3.36. The molecule has 0 fully saturated rings. The molecule has 0 saturated carbocycles. The molecule has 4 aromatic rings. The first-order valence-electron chi connectivity index (χ1n) is 10.5. The molecule has 3 N–H and O–H groups in total. The van der Waals surface area contributed by atoms with Gasteiger partial charge < -0.3 is 15.6 Å². The topological polar surface area (TPSA) is 89.1 Å². The van der Waals surface area contributed by atoms with E-state index in [9.17, 15) is 22.4 Å². The Morgan fingerprint density at radius 3 is 2.64 bits per heavy atom. The highest BCUT2D eigenvalue weighted by Crippen LogP contribution is 2.43. The Morgan fingerprint density at radius 1 is 1.17 bits per heavy atom. The van der Waals surface area contributed by atoms with Crippen molar-refractivity contribution in [3.8, 4) is 11.1 Å². The van der Waals surface area contributed by atoms with Crippen LogP contribution in [0.15, 0.2) is 41.3 Å². The van der Waals surface area contributed by atoms with Crippen molar-refractivity contribution in [2.75, 3.05) is 22.5 Å². The molecule has 2 amide bonds. The van der Waals surface area contributed by atoms with Gasteiger partial charge in [0, 0.05) is 30.3 Å². The second kappa shape index (κ2) is 8.43. The summed E-state index contributed by atoms with van der Waals surface area (Å²) in [7, 11) is 1.73. The number of halogens is 6. The lowest BCUT2D eigenvalue weighted by Crippen LogP contribution is -2.33.